The van der Waals surface area contributed by atoms with Gasteiger partial charge in [-0.1, -0.05) is 47.5 Å². The zero-order valence-electron chi connectivity index (χ0n) is 17.3. The lowest BCUT2D eigenvalue weighted by Gasteiger charge is -2.16. The molecule has 3 rings (SSSR count). The molecule has 0 spiro atoms. The van der Waals surface area contributed by atoms with E-state index in [0.29, 0.717) is 17.3 Å². The first kappa shape index (κ1) is 21.5. The van der Waals surface area contributed by atoms with E-state index in [4.69, 9.17) is 11.6 Å². The number of carbonyl (C=O) groups excluding carboxylic acids is 1. The highest BCUT2D eigenvalue weighted by Crippen LogP contribution is 2.18. The molecule has 156 valence electrons. The molecule has 0 aliphatic heterocycles. The Morgan fingerprint density at radius 2 is 1.87 bits per heavy atom. The minimum atomic E-state index is -0.721. The van der Waals surface area contributed by atoms with Gasteiger partial charge in [-0.15, -0.1) is 0 Å². The second kappa shape index (κ2) is 8.67. The van der Waals surface area contributed by atoms with Gasteiger partial charge in [0, 0.05) is 18.6 Å². The summed E-state index contributed by atoms with van der Waals surface area (Å²) in [7, 11) is 1.58. The maximum absolute atomic E-state index is 13.2. The Kier molecular flexibility index (Phi) is 6.22. The average molecular weight is 427 g/mol. The monoisotopic (exact) mass is 426 g/mol. The summed E-state index contributed by atoms with van der Waals surface area (Å²) >= 11 is 6.22. The standard InChI is InChI=1S/C22H23ClN4O3/c1-5-25(4)20(28)19-21(29)26(13-16-8-6-7-14(2)11-16)22(30)27(24-19)17-10-9-15(3)18(23)12-17/h6-12H,5,13H2,1-4H3. The van der Waals surface area contributed by atoms with Crippen molar-refractivity contribution in [1.29, 1.82) is 0 Å². The van der Waals surface area contributed by atoms with E-state index in [1.54, 1.807) is 32.2 Å². The van der Waals surface area contributed by atoms with Crippen molar-refractivity contribution in [2.24, 2.45) is 0 Å². The van der Waals surface area contributed by atoms with Gasteiger partial charge < -0.3 is 4.90 Å². The number of carbonyl (C=O) groups is 1. The van der Waals surface area contributed by atoms with Crippen molar-refractivity contribution in [2.45, 2.75) is 27.3 Å². The highest BCUT2D eigenvalue weighted by atomic mass is 35.5. The van der Waals surface area contributed by atoms with E-state index in [0.717, 1.165) is 25.9 Å². The molecular formula is C22H23ClN4O3. The largest absolute Gasteiger partial charge is 0.352 e. The molecule has 0 fully saturated rings. The number of halogens is 1. The SMILES string of the molecule is CCN(C)C(=O)c1nn(-c2ccc(C)c(Cl)c2)c(=O)n(Cc2cccc(C)c2)c1=O. The van der Waals surface area contributed by atoms with Gasteiger partial charge in [-0.25, -0.2) is 4.79 Å². The van der Waals surface area contributed by atoms with Crippen LogP contribution in [0.3, 0.4) is 0 Å². The second-order valence-corrected chi connectivity index (χ2v) is 7.58. The van der Waals surface area contributed by atoms with Crippen LogP contribution in [0.2, 0.25) is 5.02 Å². The van der Waals surface area contributed by atoms with Crippen LogP contribution in [0.1, 0.15) is 34.1 Å². The van der Waals surface area contributed by atoms with E-state index in [9.17, 15) is 14.4 Å². The normalized spacial score (nSPS) is 10.8. The number of hydrogen-bond donors (Lipinski definition) is 0. The van der Waals surface area contributed by atoms with E-state index in [1.807, 2.05) is 38.1 Å². The van der Waals surface area contributed by atoms with Crippen LogP contribution in [0.15, 0.2) is 52.1 Å². The molecule has 0 atom stereocenters. The number of rotatable bonds is 5. The first-order valence-corrected chi connectivity index (χ1v) is 9.92. The Morgan fingerprint density at radius 1 is 1.13 bits per heavy atom. The van der Waals surface area contributed by atoms with E-state index in [-0.39, 0.29) is 12.2 Å². The fourth-order valence-electron chi connectivity index (χ4n) is 2.99. The minimum Gasteiger partial charge on any atom is -0.340 e. The van der Waals surface area contributed by atoms with Crippen LogP contribution in [-0.4, -0.2) is 38.7 Å². The first-order valence-electron chi connectivity index (χ1n) is 9.54. The van der Waals surface area contributed by atoms with E-state index >= 15 is 0 Å². The lowest BCUT2D eigenvalue weighted by atomic mass is 10.1. The van der Waals surface area contributed by atoms with Crippen molar-refractivity contribution in [3.8, 4) is 5.69 Å². The second-order valence-electron chi connectivity index (χ2n) is 7.18. The van der Waals surface area contributed by atoms with Gasteiger partial charge in [0.1, 0.15) is 0 Å². The summed E-state index contributed by atoms with van der Waals surface area (Å²) in [4.78, 5) is 40.4. The van der Waals surface area contributed by atoms with Gasteiger partial charge in [0.15, 0.2) is 0 Å². The summed E-state index contributed by atoms with van der Waals surface area (Å²) in [5.41, 5.74) is 1.31. The third kappa shape index (κ3) is 4.21. The molecule has 0 unspecified atom stereocenters. The van der Waals surface area contributed by atoms with Crippen molar-refractivity contribution >= 4 is 17.5 Å². The average Bonchev–Trinajstić information content (AvgIpc) is 2.72. The summed E-state index contributed by atoms with van der Waals surface area (Å²) in [5, 5.41) is 4.58. The topological polar surface area (TPSA) is 77.2 Å². The number of amides is 1. The van der Waals surface area contributed by atoms with Gasteiger partial charge in [0.05, 0.1) is 12.2 Å². The number of aryl methyl sites for hydroxylation is 2. The molecule has 7 nitrogen and oxygen atoms in total. The van der Waals surface area contributed by atoms with Crippen molar-refractivity contribution in [2.75, 3.05) is 13.6 Å². The van der Waals surface area contributed by atoms with Gasteiger partial charge in [0.25, 0.3) is 11.5 Å². The molecule has 8 heteroatoms. The summed E-state index contributed by atoms with van der Waals surface area (Å²) < 4.78 is 2.09. The van der Waals surface area contributed by atoms with Crippen LogP contribution in [-0.2, 0) is 6.54 Å². The summed E-state index contributed by atoms with van der Waals surface area (Å²) in [5.74, 6) is -0.549. The number of nitrogens with zero attached hydrogens (tertiary/aromatic N) is 4. The van der Waals surface area contributed by atoms with Crippen molar-refractivity contribution in [3.05, 3.63) is 90.7 Å². The van der Waals surface area contributed by atoms with Crippen molar-refractivity contribution < 1.29 is 4.79 Å². The molecule has 0 aliphatic rings. The molecule has 0 radical (unpaired) electrons. The van der Waals surface area contributed by atoms with Gasteiger partial charge in [-0.3, -0.25) is 14.2 Å². The zero-order chi connectivity index (χ0) is 22.0. The Hall–Kier alpha value is -3.19. The van der Waals surface area contributed by atoms with Gasteiger partial charge in [0.2, 0.25) is 5.69 Å². The quantitative estimate of drug-likeness (QED) is 0.628. The van der Waals surface area contributed by atoms with Crippen LogP contribution < -0.4 is 11.2 Å². The van der Waals surface area contributed by atoms with Crippen LogP contribution in [0.5, 0.6) is 0 Å². The molecule has 0 bridgehead atoms. The molecule has 2 aromatic carbocycles. The summed E-state index contributed by atoms with van der Waals surface area (Å²) in [6.07, 6.45) is 0. The summed E-state index contributed by atoms with van der Waals surface area (Å²) in [6, 6.07) is 12.5. The van der Waals surface area contributed by atoms with Crippen LogP contribution >= 0.6 is 11.6 Å². The molecule has 30 heavy (non-hydrogen) atoms. The Morgan fingerprint density at radius 3 is 2.50 bits per heavy atom. The molecular weight excluding hydrogens is 404 g/mol. The fourth-order valence-corrected chi connectivity index (χ4v) is 3.16. The predicted molar refractivity (Wildman–Crippen MR) is 117 cm³/mol. The third-order valence-electron chi connectivity index (χ3n) is 4.91. The van der Waals surface area contributed by atoms with E-state index in [1.165, 1.54) is 4.90 Å². The zero-order valence-corrected chi connectivity index (χ0v) is 18.1. The molecule has 0 aliphatic carbocycles. The number of benzene rings is 2. The first-order chi connectivity index (χ1) is 14.2. The Balaban J connectivity index is 2.26. The number of aromatic nitrogens is 3. The molecule has 0 N–H and O–H groups in total. The van der Waals surface area contributed by atoms with Crippen LogP contribution in [0.25, 0.3) is 5.69 Å². The third-order valence-corrected chi connectivity index (χ3v) is 5.31. The smallest absolute Gasteiger partial charge is 0.340 e. The maximum Gasteiger partial charge on any atom is 0.352 e. The minimum absolute atomic E-state index is 0.0254. The van der Waals surface area contributed by atoms with Crippen molar-refractivity contribution in [1.82, 2.24) is 19.2 Å². The highest BCUT2D eigenvalue weighted by molar-refractivity contribution is 6.31. The van der Waals surface area contributed by atoms with Gasteiger partial charge in [-0.2, -0.15) is 9.78 Å². The Labute approximate surface area is 179 Å². The van der Waals surface area contributed by atoms with Gasteiger partial charge in [-0.05, 0) is 44.0 Å². The van der Waals surface area contributed by atoms with Gasteiger partial charge >= 0.3 is 5.69 Å². The molecule has 0 saturated heterocycles. The lowest BCUT2D eigenvalue weighted by molar-refractivity contribution is 0.0791. The molecule has 1 aromatic heterocycles. The van der Waals surface area contributed by atoms with Crippen LogP contribution in [0.4, 0.5) is 0 Å². The predicted octanol–water partition coefficient (Wildman–Crippen LogP) is 2.80. The van der Waals surface area contributed by atoms with E-state index in [2.05, 4.69) is 5.10 Å². The molecule has 0 saturated carbocycles. The summed E-state index contributed by atoms with van der Waals surface area (Å²) in [6.45, 7) is 5.98. The number of hydrogen-bond acceptors (Lipinski definition) is 4. The maximum atomic E-state index is 13.2. The molecule has 1 amide bonds. The van der Waals surface area contributed by atoms with Crippen molar-refractivity contribution in [3.63, 3.8) is 0 Å². The lowest BCUT2D eigenvalue weighted by Crippen LogP contribution is -2.46. The highest BCUT2D eigenvalue weighted by Gasteiger charge is 2.22. The van der Waals surface area contributed by atoms with Crippen LogP contribution in [0, 0.1) is 13.8 Å². The van der Waals surface area contributed by atoms with E-state index < -0.39 is 17.2 Å². The molecule has 1 heterocycles. The fraction of sp³-hybridized carbons (Fsp3) is 0.273. The molecule has 3 aromatic rings. The Bertz CT molecular complexity index is 1230.